The SMILES string of the molecule is COc1ccc(-c2ccnc(Nc3cccc(S(=O)(=O)NCCCc4ccccc4)c3)n2)cc1F. The van der Waals surface area contributed by atoms with E-state index in [2.05, 4.69) is 20.0 Å². The Kier molecular flexibility index (Phi) is 7.69. The molecule has 0 amide bonds. The Hall–Kier alpha value is -3.82. The lowest BCUT2D eigenvalue weighted by Crippen LogP contribution is -2.25. The van der Waals surface area contributed by atoms with Gasteiger partial charge in [0.2, 0.25) is 16.0 Å². The summed E-state index contributed by atoms with van der Waals surface area (Å²) in [5.74, 6) is -0.0933. The zero-order valence-electron chi connectivity index (χ0n) is 19.1. The van der Waals surface area contributed by atoms with Crippen LogP contribution in [0.2, 0.25) is 0 Å². The molecule has 180 valence electrons. The van der Waals surface area contributed by atoms with E-state index in [0.717, 1.165) is 12.0 Å². The Bertz CT molecular complexity index is 1400. The third-order valence-corrected chi connectivity index (χ3v) is 6.74. The van der Waals surface area contributed by atoms with Crippen molar-refractivity contribution in [2.75, 3.05) is 19.0 Å². The van der Waals surface area contributed by atoms with Gasteiger partial charge in [-0.25, -0.2) is 27.5 Å². The fourth-order valence-electron chi connectivity index (χ4n) is 3.50. The predicted octanol–water partition coefficient (Wildman–Crippen LogP) is 4.95. The number of nitrogens with zero attached hydrogens (tertiary/aromatic N) is 2. The standard InChI is InChI=1S/C26H25FN4O3S/c1-34-25-13-12-20(17-23(25)27)24-14-16-28-26(31-24)30-21-10-5-11-22(18-21)35(32,33)29-15-6-9-19-7-3-2-4-8-19/h2-5,7-8,10-14,16-18,29H,6,9,15H2,1H3,(H,28,30,31). The summed E-state index contributed by atoms with van der Waals surface area (Å²) in [6, 6.07) is 22.6. The van der Waals surface area contributed by atoms with E-state index in [4.69, 9.17) is 4.74 Å². The topological polar surface area (TPSA) is 93.2 Å². The zero-order valence-corrected chi connectivity index (χ0v) is 19.9. The highest BCUT2D eigenvalue weighted by Crippen LogP contribution is 2.25. The molecule has 35 heavy (non-hydrogen) atoms. The van der Waals surface area contributed by atoms with Crippen molar-refractivity contribution < 1.29 is 17.5 Å². The van der Waals surface area contributed by atoms with E-state index in [1.165, 1.54) is 31.4 Å². The van der Waals surface area contributed by atoms with Crippen molar-refractivity contribution in [3.63, 3.8) is 0 Å². The molecular weight excluding hydrogens is 467 g/mol. The minimum absolute atomic E-state index is 0.135. The molecule has 3 aromatic carbocycles. The summed E-state index contributed by atoms with van der Waals surface area (Å²) >= 11 is 0. The lowest BCUT2D eigenvalue weighted by Gasteiger charge is -2.10. The van der Waals surface area contributed by atoms with Crippen LogP contribution in [0.4, 0.5) is 16.0 Å². The number of sulfonamides is 1. The molecular formula is C26H25FN4O3S. The third-order valence-electron chi connectivity index (χ3n) is 5.28. The summed E-state index contributed by atoms with van der Waals surface area (Å²) < 4.78 is 47.2. The van der Waals surface area contributed by atoms with Gasteiger partial charge in [0, 0.05) is 24.0 Å². The maximum Gasteiger partial charge on any atom is 0.240 e. The molecule has 1 heterocycles. The van der Waals surface area contributed by atoms with E-state index in [1.54, 1.807) is 30.5 Å². The molecule has 4 aromatic rings. The first-order chi connectivity index (χ1) is 16.9. The van der Waals surface area contributed by atoms with Crippen LogP contribution in [0.5, 0.6) is 5.75 Å². The zero-order chi connectivity index (χ0) is 24.7. The molecule has 0 aliphatic rings. The molecule has 4 rings (SSSR count). The van der Waals surface area contributed by atoms with Crippen molar-refractivity contribution in [1.82, 2.24) is 14.7 Å². The second-order valence-corrected chi connectivity index (χ2v) is 9.52. The predicted molar refractivity (Wildman–Crippen MR) is 134 cm³/mol. The lowest BCUT2D eigenvalue weighted by molar-refractivity contribution is 0.386. The number of methoxy groups -OCH3 is 1. The Morgan fingerprint density at radius 3 is 2.57 bits per heavy atom. The van der Waals surface area contributed by atoms with Gasteiger partial charge in [0.05, 0.1) is 17.7 Å². The van der Waals surface area contributed by atoms with Crippen LogP contribution in [-0.2, 0) is 16.4 Å². The van der Waals surface area contributed by atoms with Crippen LogP contribution in [0.15, 0.2) is 90.0 Å². The number of ether oxygens (including phenoxy) is 1. The number of aryl methyl sites for hydroxylation is 1. The number of rotatable bonds is 10. The fourth-order valence-corrected chi connectivity index (χ4v) is 4.62. The smallest absolute Gasteiger partial charge is 0.240 e. The first-order valence-electron chi connectivity index (χ1n) is 11.0. The van der Waals surface area contributed by atoms with Crippen molar-refractivity contribution >= 4 is 21.7 Å². The van der Waals surface area contributed by atoms with E-state index in [0.29, 0.717) is 29.9 Å². The van der Waals surface area contributed by atoms with E-state index in [9.17, 15) is 12.8 Å². The van der Waals surface area contributed by atoms with E-state index >= 15 is 0 Å². The summed E-state index contributed by atoms with van der Waals surface area (Å²) in [5.41, 5.74) is 2.74. The first kappa shape index (κ1) is 24.3. The molecule has 0 atom stereocenters. The summed E-state index contributed by atoms with van der Waals surface area (Å²) in [7, 11) is -2.27. The number of benzene rings is 3. The number of hydrogen-bond donors (Lipinski definition) is 2. The van der Waals surface area contributed by atoms with Crippen molar-refractivity contribution in [3.8, 4) is 17.0 Å². The number of nitrogens with one attached hydrogen (secondary N) is 2. The van der Waals surface area contributed by atoms with Crippen molar-refractivity contribution in [3.05, 3.63) is 96.4 Å². The number of anilines is 2. The molecule has 0 aliphatic heterocycles. The van der Waals surface area contributed by atoms with Crippen LogP contribution in [-0.4, -0.2) is 32.0 Å². The number of aromatic nitrogens is 2. The highest BCUT2D eigenvalue weighted by Gasteiger charge is 2.14. The molecule has 0 radical (unpaired) electrons. The highest BCUT2D eigenvalue weighted by molar-refractivity contribution is 7.89. The van der Waals surface area contributed by atoms with Crippen LogP contribution in [0.3, 0.4) is 0 Å². The molecule has 0 aliphatic carbocycles. The Labute approximate surface area is 204 Å². The number of hydrogen-bond acceptors (Lipinski definition) is 6. The maximum atomic E-state index is 14.1. The molecule has 0 saturated heterocycles. The molecule has 0 spiro atoms. The molecule has 9 heteroatoms. The van der Waals surface area contributed by atoms with Gasteiger partial charge in [0.25, 0.3) is 0 Å². The van der Waals surface area contributed by atoms with Gasteiger partial charge in [-0.3, -0.25) is 0 Å². The van der Waals surface area contributed by atoms with E-state index < -0.39 is 15.8 Å². The average molecular weight is 493 g/mol. The van der Waals surface area contributed by atoms with Crippen LogP contribution in [0.25, 0.3) is 11.3 Å². The molecule has 0 bridgehead atoms. The summed E-state index contributed by atoms with van der Waals surface area (Å²) in [6.07, 6.45) is 3.02. The Morgan fingerprint density at radius 2 is 1.80 bits per heavy atom. The first-order valence-corrected chi connectivity index (χ1v) is 12.5. The second kappa shape index (κ2) is 11.1. The van der Waals surface area contributed by atoms with Gasteiger partial charge in [0.15, 0.2) is 11.6 Å². The van der Waals surface area contributed by atoms with Gasteiger partial charge in [-0.05, 0) is 60.9 Å². The lowest BCUT2D eigenvalue weighted by atomic mass is 10.1. The van der Waals surface area contributed by atoms with E-state index in [1.807, 2.05) is 30.3 Å². The van der Waals surface area contributed by atoms with Gasteiger partial charge < -0.3 is 10.1 Å². The van der Waals surface area contributed by atoms with Crippen molar-refractivity contribution in [2.45, 2.75) is 17.7 Å². The molecule has 0 saturated carbocycles. The highest BCUT2D eigenvalue weighted by atomic mass is 32.2. The van der Waals surface area contributed by atoms with Crippen molar-refractivity contribution in [1.29, 1.82) is 0 Å². The summed E-state index contributed by atoms with van der Waals surface area (Å²) in [6.45, 7) is 0.332. The van der Waals surface area contributed by atoms with Crippen molar-refractivity contribution in [2.24, 2.45) is 0 Å². The monoisotopic (exact) mass is 492 g/mol. The normalized spacial score (nSPS) is 11.3. The quantitative estimate of drug-likeness (QED) is 0.305. The van der Waals surface area contributed by atoms with Crippen LogP contribution in [0.1, 0.15) is 12.0 Å². The Morgan fingerprint density at radius 1 is 0.971 bits per heavy atom. The van der Waals surface area contributed by atoms with E-state index in [-0.39, 0.29) is 16.6 Å². The summed E-state index contributed by atoms with van der Waals surface area (Å²) in [5, 5.41) is 3.02. The largest absolute Gasteiger partial charge is 0.494 e. The van der Waals surface area contributed by atoms with Gasteiger partial charge in [0.1, 0.15) is 0 Å². The molecule has 1 aromatic heterocycles. The summed E-state index contributed by atoms with van der Waals surface area (Å²) in [4.78, 5) is 8.75. The second-order valence-electron chi connectivity index (χ2n) is 7.75. The maximum absolute atomic E-state index is 14.1. The van der Waals surface area contributed by atoms with Crippen LogP contribution < -0.4 is 14.8 Å². The van der Waals surface area contributed by atoms with Gasteiger partial charge in [-0.1, -0.05) is 36.4 Å². The minimum Gasteiger partial charge on any atom is -0.494 e. The third kappa shape index (κ3) is 6.40. The van der Waals surface area contributed by atoms with Gasteiger partial charge >= 0.3 is 0 Å². The fraction of sp³-hybridized carbons (Fsp3) is 0.154. The van der Waals surface area contributed by atoms with Crippen LogP contribution in [0, 0.1) is 5.82 Å². The van der Waals surface area contributed by atoms with Gasteiger partial charge in [-0.15, -0.1) is 0 Å². The van der Waals surface area contributed by atoms with Crippen LogP contribution >= 0.6 is 0 Å². The molecule has 0 fully saturated rings. The Balaban J connectivity index is 1.42. The minimum atomic E-state index is -3.68. The molecule has 0 unspecified atom stereocenters. The number of halogens is 1. The molecule has 7 nitrogen and oxygen atoms in total. The molecule has 2 N–H and O–H groups in total. The van der Waals surface area contributed by atoms with Gasteiger partial charge in [-0.2, -0.15) is 0 Å². The average Bonchev–Trinajstić information content (AvgIpc) is 2.87.